The summed E-state index contributed by atoms with van der Waals surface area (Å²) in [5.41, 5.74) is 0.960. The highest BCUT2D eigenvalue weighted by molar-refractivity contribution is 5.89. The van der Waals surface area contributed by atoms with Crippen LogP contribution in [0.3, 0.4) is 0 Å². The third kappa shape index (κ3) is 4.50. The van der Waals surface area contributed by atoms with Crippen molar-refractivity contribution < 1.29 is 9.18 Å². The number of hydrogen-bond acceptors (Lipinski definition) is 4. The molecule has 29 heavy (non-hydrogen) atoms. The van der Waals surface area contributed by atoms with E-state index in [1.165, 1.54) is 6.07 Å². The SMILES string of the molecule is Cc1ccc(NC(=O)NC2CCN(CCn3nc4n(c3=O)CCCC4)C2)cc1F. The van der Waals surface area contributed by atoms with E-state index in [1.807, 2.05) is 0 Å². The molecule has 1 atom stereocenters. The summed E-state index contributed by atoms with van der Waals surface area (Å²) < 4.78 is 17.0. The third-order valence-corrected chi connectivity index (χ3v) is 5.70. The second-order valence-corrected chi connectivity index (χ2v) is 7.88. The molecular formula is C20H27FN6O2. The molecule has 2 aliphatic rings. The van der Waals surface area contributed by atoms with Crippen LogP contribution in [0.25, 0.3) is 0 Å². The van der Waals surface area contributed by atoms with E-state index in [9.17, 15) is 14.0 Å². The highest BCUT2D eigenvalue weighted by Crippen LogP contribution is 2.14. The summed E-state index contributed by atoms with van der Waals surface area (Å²) in [5.74, 6) is 0.553. The maximum Gasteiger partial charge on any atom is 0.345 e. The molecule has 2 aromatic rings. The molecule has 0 bridgehead atoms. The van der Waals surface area contributed by atoms with Gasteiger partial charge in [-0.15, -0.1) is 0 Å². The number of aromatic nitrogens is 3. The Morgan fingerprint density at radius 1 is 1.28 bits per heavy atom. The van der Waals surface area contributed by atoms with Gasteiger partial charge in [-0.25, -0.2) is 18.7 Å². The molecule has 8 nitrogen and oxygen atoms in total. The molecule has 3 heterocycles. The van der Waals surface area contributed by atoms with Crippen LogP contribution in [0.2, 0.25) is 0 Å². The fourth-order valence-electron chi connectivity index (χ4n) is 4.01. The molecule has 4 rings (SSSR count). The topological polar surface area (TPSA) is 84.2 Å². The normalized spacial score (nSPS) is 19.2. The summed E-state index contributed by atoms with van der Waals surface area (Å²) in [4.78, 5) is 26.8. The zero-order valence-corrected chi connectivity index (χ0v) is 16.7. The van der Waals surface area contributed by atoms with E-state index in [0.29, 0.717) is 17.8 Å². The predicted octanol–water partition coefficient (Wildman–Crippen LogP) is 1.72. The molecule has 156 valence electrons. The third-order valence-electron chi connectivity index (χ3n) is 5.70. The summed E-state index contributed by atoms with van der Waals surface area (Å²) in [5, 5.41) is 10.1. The Kier molecular flexibility index (Phi) is 5.66. The van der Waals surface area contributed by atoms with Crippen molar-refractivity contribution in [3.63, 3.8) is 0 Å². The maximum absolute atomic E-state index is 13.6. The van der Waals surface area contributed by atoms with E-state index in [4.69, 9.17) is 0 Å². The first-order chi connectivity index (χ1) is 14.0. The number of nitrogens with one attached hydrogen (secondary N) is 2. The molecule has 0 aliphatic carbocycles. The fourth-order valence-corrected chi connectivity index (χ4v) is 4.01. The van der Waals surface area contributed by atoms with Crippen molar-refractivity contribution in [3.8, 4) is 0 Å². The number of rotatable bonds is 5. The van der Waals surface area contributed by atoms with Gasteiger partial charge in [-0.3, -0.25) is 9.47 Å². The zero-order chi connectivity index (χ0) is 20.4. The molecule has 9 heteroatoms. The van der Waals surface area contributed by atoms with Crippen LogP contribution < -0.4 is 16.3 Å². The first-order valence-electron chi connectivity index (χ1n) is 10.2. The minimum atomic E-state index is -0.342. The molecule has 1 aromatic carbocycles. The van der Waals surface area contributed by atoms with Gasteiger partial charge < -0.3 is 10.6 Å². The van der Waals surface area contributed by atoms with Crippen LogP contribution in [0, 0.1) is 12.7 Å². The Morgan fingerprint density at radius 2 is 2.14 bits per heavy atom. The summed E-state index contributed by atoms with van der Waals surface area (Å²) in [6.07, 6.45) is 3.84. The number of anilines is 1. The lowest BCUT2D eigenvalue weighted by atomic mass is 10.2. The van der Waals surface area contributed by atoms with Gasteiger partial charge >= 0.3 is 11.7 Å². The van der Waals surface area contributed by atoms with Crippen molar-refractivity contribution in [2.45, 2.75) is 51.7 Å². The fraction of sp³-hybridized carbons (Fsp3) is 0.550. The Bertz CT molecular complexity index is 953. The Morgan fingerprint density at radius 3 is 2.93 bits per heavy atom. The number of benzene rings is 1. The van der Waals surface area contributed by atoms with Gasteiger partial charge in [0.15, 0.2) is 0 Å². The van der Waals surface area contributed by atoms with Crippen LogP contribution in [0.1, 0.15) is 30.7 Å². The first-order valence-corrected chi connectivity index (χ1v) is 10.2. The number of aryl methyl sites for hydroxylation is 2. The second kappa shape index (κ2) is 8.36. The van der Waals surface area contributed by atoms with E-state index < -0.39 is 0 Å². The van der Waals surface area contributed by atoms with E-state index in [0.717, 1.165) is 57.7 Å². The Hall–Kier alpha value is -2.68. The molecule has 2 aliphatic heterocycles. The van der Waals surface area contributed by atoms with Crippen molar-refractivity contribution in [1.82, 2.24) is 24.6 Å². The van der Waals surface area contributed by atoms with E-state index in [1.54, 1.807) is 28.3 Å². The summed E-state index contributed by atoms with van der Waals surface area (Å²) >= 11 is 0. The van der Waals surface area contributed by atoms with Crippen molar-refractivity contribution in [2.75, 3.05) is 25.0 Å². The maximum atomic E-state index is 13.6. The number of carbonyl (C=O) groups excluding carboxylic acids is 1. The molecule has 2 amide bonds. The minimum absolute atomic E-state index is 0.0155. The summed E-state index contributed by atoms with van der Waals surface area (Å²) in [7, 11) is 0. The molecule has 1 fully saturated rings. The summed E-state index contributed by atoms with van der Waals surface area (Å²) in [6, 6.07) is 4.33. The highest BCUT2D eigenvalue weighted by Gasteiger charge is 2.24. The van der Waals surface area contributed by atoms with Gasteiger partial charge in [0.1, 0.15) is 11.6 Å². The predicted molar refractivity (Wildman–Crippen MR) is 108 cm³/mol. The van der Waals surface area contributed by atoms with Gasteiger partial charge in [0, 0.05) is 44.3 Å². The average Bonchev–Trinajstić information content (AvgIpc) is 3.27. The quantitative estimate of drug-likeness (QED) is 0.798. The lowest BCUT2D eigenvalue weighted by Crippen LogP contribution is -2.40. The molecule has 0 spiro atoms. The number of hydrogen-bond donors (Lipinski definition) is 2. The van der Waals surface area contributed by atoms with E-state index >= 15 is 0 Å². The molecule has 1 saturated heterocycles. The number of nitrogens with zero attached hydrogens (tertiary/aromatic N) is 4. The van der Waals surface area contributed by atoms with Crippen molar-refractivity contribution in [1.29, 1.82) is 0 Å². The molecule has 1 aromatic heterocycles. The lowest BCUT2D eigenvalue weighted by Gasteiger charge is -2.16. The molecule has 1 unspecified atom stereocenters. The van der Waals surface area contributed by atoms with Crippen LogP contribution in [0.5, 0.6) is 0 Å². The van der Waals surface area contributed by atoms with Crippen LogP contribution in [0.15, 0.2) is 23.0 Å². The number of amides is 2. The smallest absolute Gasteiger partial charge is 0.334 e. The van der Waals surface area contributed by atoms with Gasteiger partial charge in [-0.1, -0.05) is 6.07 Å². The largest absolute Gasteiger partial charge is 0.345 e. The zero-order valence-electron chi connectivity index (χ0n) is 16.7. The van der Waals surface area contributed by atoms with Crippen LogP contribution >= 0.6 is 0 Å². The van der Waals surface area contributed by atoms with Gasteiger partial charge in [0.05, 0.1) is 6.54 Å². The average molecular weight is 402 g/mol. The van der Waals surface area contributed by atoms with Crippen LogP contribution in [0.4, 0.5) is 14.9 Å². The highest BCUT2D eigenvalue weighted by atomic mass is 19.1. The molecule has 2 N–H and O–H groups in total. The van der Waals surface area contributed by atoms with Crippen LogP contribution in [-0.4, -0.2) is 51.0 Å². The molecular weight excluding hydrogens is 375 g/mol. The number of carbonyl (C=O) groups is 1. The molecule has 0 saturated carbocycles. The number of urea groups is 1. The van der Waals surface area contributed by atoms with E-state index in [2.05, 4.69) is 20.6 Å². The van der Waals surface area contributed by atoms with Gasteiger partial charge in [-0.05, 0) is 43.9 Å². The second-order valence-electron chi connectivity index (χ2n) is 7.88. The molecule has 0 radical (unpaired) electrons. The lowest BCUT2D eigenvalue weighted by molar-refractivity contribution is 0.247. The van der Waals surface area contributed by atoms with Gasteiger partial charge in [0.2, 0.25) is 0 Å². The van der Waals surface area contributed by atoms with Gasteiger partial charge in [0.25, 0.3) is 0 Å². The standard InChI is InChI=1S/C20H27FN6O2/c1-14-5-6-15(12-17(14)21)22-19(28)23-16-7-9-25(13-16)10-11-27-20(29)26-8-3-2-4-18(26)24-27/h5-6,12,16H,2-4,7-11,13H2,1H3,(H2,22,23,28). The Labute approximate surface area is 168 Å². The van der Waals surface area contributed by atoms with Crippen molar-refractivity contribution in [2.24, 2.45) is 0 Å². The Balaban J connectivity index is 1.25. The number of likely N-dealkylation sites (tertiary alicyclic amines) is 1. The summed E-state index contributed by atoms with van der Waals surface area (Å²) in [6.45, 7) is 5.30. The monoisotopic (exact) mass is 402 g/mol. The van der Waals surface area contributed by atoms with Crippen molar-refractivity contribution >= 4 is 11.7 Å². The number of fused-ring (bicyclic) bond motifs is 1. The minimum Gasteiger partial charge on any atom is -0.334 e. The van der Waals surface area contributed by atoms with Crippen LogP contribution in [-0.2, 0) is 19.5 Å². The number of halogens is 1. The van der Waals surface area contributed by atoms with Gasteiger partial charge in [-0.2, -0.15) is 5.10 Å². The first kappa shape index (κ1) is 19.6. The van der Waals surface area contributed by atoms with Crippen molar-refractivity contribution in [3.05, 3.63) is 45.9 Å². The van der Waals surface area contributed by atoms with E-state index in [-0.39, 0.29) is 23.6 Å².